The van der Waals surface area contributed by atoms with Gasteiger partial charge in [-0.3, -0.25) is 0 Å². The summed E-state index contributed by atoms with van der Waals surface area (Å²) in [6.07, 6.45) is 9.35. The van der Waals surface area contributed by atoms with E-state index in [4.69, 9.17) is 0 Å². The highest BCUT2D eigenvalue weighted by atomic mass is 14.3. The summed E-state index contributed by atoms with van der Waals surface area (Å²) >= 11 is 0. The van der Waals surface area contributed by atoms with Gasteiger partial charge >= 0.3 is 0 Å². The maximum absolute atomic E-state index is 2.25. The van der Waals surface area contributed by atoms with Gasteiger partial charge < -0.3 is 0 Å². The minimum Gasteiger partial charge on any atom is -0.0839 e. The highest BCUT2D eigenvalue weighted by molar-refractivity contribution is 5.32. The molecule has 0 heteroatoms. The number of allylic oxidation sites excluding steroid dienone is 4. The van der Waals surface area contributed by atoms with E-state index >= 15 is 0 Å². The summed E-state index contributed by atoms with van der Waals surface area (Å²) in [4.78, 5) is 0. The molecule has 2 aliphatic rings. The van der Waals surface area contributed by atoms with Crippen LogP contribution in [0.5, 0.6) is 0 Å². The number of rotatable bonds is 0. The van der Waals surface area contributed by atoms with Gasteiger partial charge in [0, 0.05) is 0 Å². The van der Waals surface area contributed by atoms with Crippen LogP contribution in [0, 0.1) is 5.92 Å². The van der Waals surface area contributed by atoms with Crippen molar-refractivity contribution in [3.8, 4) is 0 Å². The van der Waals surface area contributed by atoms with E-state index < -0.39 is 0 Å². The maximum atomic E-state index is 2.25. The minimum atomic E-state index is 0.977. The van der Waals surface area contributed by atoms with Gasteiger partial charge in [-0.1, -0.05) is 23.8 Å². The molecular weight excluding hydrogens is 84.1 g/mol. The molecule has 0 heterocycles. The van der Waals surface area contributed by atoms with Crippen LogP contribution in [0.15, 0.2) is 23.8 Å². The summed E-state index contributed by atoms with van der Waals surface area (Å²) < 4.78 is 0. The van der Waals surface area contributed by atoms with Gasteiger partial charge in [-0.05, 0) is 18.8 Å². The van der Waals surface area contributed by atoms with E-state index in [0.29, 0.717) is 0 Å². The molecule has 0 amide bonds. The molecule has 0 nitrogen and oxygen atoms in total. The zero-order valence-electron chi connectivity index (χ0n) is 4.22. The Hall–Kier alpha value is -0.520. The molecule has 0 aromatic heterocycles. The zero-order chi connectivity index (χ0) is 4.69. The standard InChI is InChI=1S/C7H8/c1-2-4-7-5-6(7)3-1/h1-3,7H,4-5H2. The van der Waals surface area contributed by atoms with E-state index in [9.17, 15) is 0 Å². The quantitative estimate of drug-likeness (QED) is 0.428. The summed E-state index contributed by atoms with van der Waals surface area (Å²) in [6.45, 7) is 0. The Balaban J connectivity index is 2.31. The van der Waals surface area contributed by atoms with Crippen molar-refractivity contribution in [2.45, 2.75) is 12.8 Å². The van der Waals surface area contributed by atoms with Crippen molar-refractivity contribution in [2.75, 3.05) is 0 Å². The molecule has 2 rings (SSSR count). The van der Waals surface area contributed by atoms with Crippen molar-refractivity contribution in [1.29, 1.82) is 0 Å². The van der Waals surface area contributed by atoms with Gasteiger partial charge in [0.1, 0.15) is 0 Å². The molecule has 0 spiro atoms. The third-order valence-corrected chi connectivity index (χ3v) is 1.71. The van der Waals surface area contributed by atoms with Crippen LogP contribution in [0.1, 0.15) is 12.8 Å². The second kappa shape index (κ2) is 1.00. The van der Waals surface area contributed by atoms with Gasteiger partial charge in [0.25, 0.3) is 0 Å². The Morgan fingerprint density at radius 1 is 1.57 bits per heavy atom. The first-order valence-corrected chi connectivity index (χ1v) is 2.82. The molecule has 7 heavy (non-hydrogen) atoms. The van der Waals surface area contributed by atoms with Gasteiger partial charge in [-0.2, -0.15) is 0 Å². The van der Waals surface area contributed by atoms with Crippen molar-refractivity contribution in [2.24, 2.45) is 5.92 Å². The van der Waals surface area contributed by atoms with Crippen molar-refractivity contribution < 1.29 is 0 Å². The van der Waals surface area contributed by atoms with Gasteiger partial charge in [0.15, 0.2) is 0 Å². The lowest BCUT2D eigenvalue weighted by molar-refractivity contribution is 0.887. The van der Waals surface area contributed by atoms with E-state index in [-0.39, 0.29) is 0 Å². The Bertz CT molecular complexity index is 140. The molecule has 0 saturated heterocycles. The van der Waals surface area contributed by atoms with Gasteiger partial charge in [0.2, 0.25) is 0 Å². The molecule has 1 fully saturated rings. The van der Waals surface area contributed by atoms with Crippen LogP contribution in [-0.4, -0.2) is 0 Å². The average Bonchev–Trinajstić information content (AvgIpc) is 2.41. The predicted molar refractivity (Wildman–Crippen MR) is 29.9 cm³/mol. The monoisotopic (exact) mass is 92.1 g/mol. The third kappa shape index (κ3) is 0.426. The Labute approximate surface area is 43.5 Å². The molecule has 36 valence electrons. The van der Waals surface area contributed by atoms with Crippen molar-refractivity contribution in [1.82, 2.24) is 0 Å². The van der Waals surface area contributed by atoms with Crippen LogP contribution >= 0.6 is 0 Å². The average molecular weight is 92.1 g/mol. The second-order valence-corrected chi connectivity index (χ2v) is 2.31. The Morgan fingerprint density at radius 2 is 2.57 bits per heavy atom. The lowest BCUT2D eigenvalue weighted by Gasteiger charge is -1.87. The molecule has 2 aliphatic carbocycles. The summed E-state index contributed by atoms with van der Waals surface area (Å²) in [6, 6.07) is 0. The minimum absolute atomic E-state index is 0.977. The number of hydrogen-bond acceptors (Lipinski definition) is 0. The highest BCUT2D eigenvalue weighted by Crippen LogP contribution is 2.42. The lowest BCUT2D eigenvalue weighted by Crippen LogP contribution is -1.72. The molecule has 0 aromatic rings. The van der Waals surface area contributed by atoms with E-state index in [0.717, 1.165) is 5.92 Å². The fourth-order valence-electron chi connectivity index (χ4n) is 1.10. The van der Waals surface area contributed by atoms with E-state index in [1.807, 2.05) is 0 Å². The molecule has 1 atom stereocenters. The molecular formula is C7H8. The Morgan fingerprint density at radius 3 is 3.14 bits per heavy atom. The van der Waals surface area contributed by atoms with Gasteiger partial charge in [-0.25, -0.2) is 0 Å². The largest absolute Gasteiger partial charge is 0.0839 e. The molecule has 0 aromatic carbocycles. The summed E-state index contributed by atoms with van der Waals surface area (Å²) in [5, 5.41) is 0. The SMILES string of the molecule is C1=CCC2CC2=C1. The fourth-order valence-corrected chi connectivity index (χ4v) is 1.10. The van der Waals surface area contributed by atoms with Crippen LogP contribution < -0.4 is 0 Å². The highest BCUT2D eigenvalue weighted by Gasteiger charge is 2.28. The normalized spacial score (nSPS) is 34.3. The third-order valence-electron chi connectivity index (χ3n) is 1.71. The van der Waals surface area contributed by atoms with Gasteiger partial charge in [0.05, 0.1) is 0 Å². The fraction of sp³-hybridized carbons (Fsp3) is 0.429. The first kappa shape index (κ1) is 3.48. The zero-order valence-corrected chi connectivity index (χ0v) is 4.22. The molecule has 1 unspecified atom stereocenters. The number of fused-ring (bicyclic) bond motifs is 1. The van der Waals surface area contributed by atoms with Gasteiger partial charge in [-0.15, -0.1) is 0 Å². The van der Waals surface area contributed by atoms with Crippen LogP contribution in [0.2, 0.25) is 0 Å². The van der Waals surface area contributed by atoms with Crippen LogP contribution in [0.3, 0.4) is 0 Å². The summed E-state index contributed by atoms with van der Waals surface area (Å²) in [7, 11) is 0. The summed E-state index contributed by atoms with van der Waals surface area (Å²) in [5.74, 6) is 0.977. The predicted octanol–water partition coefficient (Wildman–Crippen LogP) is 1.89. The number of hydrogen-bond donors (Lipinski definition) is 0. The summed E-state index contributed by atoms with van der Waals surface area (Å²) in [5.41, 5.74) is 1.67. The van der Waals surface area contributed by atoms with Crippen LogP contribution in [0.4, 0.5) is 0 Å². The van der Waals surface area contributed by atoms with Crippen LogP contribution in [-0.2, 0) is 0 Å². The van der Waals surface area contributed by atoms with E-state index in [2.05, 4.69) is 18.2 Å². The molecule has 0 bridgehead atoms. The molecule has 0 radical (unpaired) electrons. The Kier molecular flexibility index (Phi) is 0.498. The smallest absolute Gasteiger partial charge is 0.0128 e. The van der Waals surface area contributed by atoms with Crippen molar-refractivity contribution in [3.63, 3.8) is 0 Å². The molecule has 0 aliphatic heterocycles. The molecule has 1 saturated carbocycles. The topological polar surface area (TPSA) is 0 Å². The lowest BCUT2D eigenvalue weighted by atomic mass is 10.2. The van der Waals surface area contributed by atoms with E-state index in [1.165, 1.54) is 12.8 Å². The first-order valence-electron chi connectivity index (χ1n) is 2.82. The second-order valence-electron chi connectivity index (χ2n) is 2.31. The molecule has 0 N–H and O–H groups in total. The van der Waals surface area contributed by atoms with Crippen molar-refractivity contribution >= 4 is 0 Å². The maximum Gasteiger partial charge on any atom is -0.0128 e. The van der Waals surface area contributed by atoms with Crippen LogP contribution in [0.25, 0.3) is 0 Å². The van der Waals surface area contributed by atoms with E-state index in [1.54, 1.807) is 5.57 Å². The first-order chi connectivity index (χ1) is 3.47. The van der Waals surface area contributed by atoms with Crippen molar-refractivity contribution in [3.05, 3.63) is 23.8 Å².